The van der Waals surface area contributed by atoms with Crippen molar-refractivity contribution in [3.8, 4) is 5.75 Å². The van der Waals surface area contributed by atoms with Crippen LogP contribution >= 0.6 is 23.1 Å². The van der Waals surface area contributed by atoms with Crippen molar-refractivity contribution < 1.29 is 9.13 Å². The van der Waals surface area contributed by atoms with Crippen LogP contribution in [-0.2, 0) is 6.42 Å². The van der Waals surface area contributed by atoms with E-state index in [0.717, 1.165) is 29.4 Å². The van der Waals surface area contributed by atoms with Gasteiger partial charge in [0.05, 0.1) is 12.8 Å². The molecule has 1 aromatic heterocycles. The number of halogens is 1. The zero-order valence-electron chi connectivity index (χ0n) is 12.6. The number of amidine groups is 1. The Labute approximate surface area is 142 Å². The molecule has 3 rings (SSSR count). The van der Waals surface area contributed by atoms with E-state index in [1.807, 2.05) is 12.1 Å². The van der Waals surface area contributed by atoms with Gasteiger partial charge in [0.2, 0.25) is 0 Å². The van der Waals surface area contributed by atoms with Gasteiger partial charge in [-0.15, -0.1) is 11.3 Å². The summed E-state index contributed by atoms with van der Waals surface area (Å²) in [5.74, 6) is 0.520. The minimum atomic E-state index is -0.381. The Morgan fingerprint density at radius 2 is 2.30 bits per heavy atom. The number of thioether (sulfide) groups is 1. The van der Waals surface area contributed by atoms with Gasteiger partial charge in [-0.05, 0) is 29.6 Å². The van der Waals surface area contributed by atoms with Gasteiger partial charge < -0.3 is 4.74 Å². The second kappa shape index (κ2) is 7.61. The summed E-state index contributed by atoms with van der Waals surface area (Å²) < 4.78 is 18.7. The van der Waals surface area contributed by atoms with E-state index in [0.29, 0.717) is 5.75 Å². The van der Waals surface area contributed by atoms with Gasteiger partial charge in [0, 0.05) is 29.2 Å². The standard InChI is InChI=1S/C16H16FN3OS2/c1-21-15-5-4-11(9-13(15)17)14-10-23-16(20-19-14)18-7-6-12-3-2-8-22-12/h2-5,8-9H,6-7,10H2,1H3,(H,18,20). The van der Waals surface area contributed by atoms with Gasteiger partial charge in [0.1, 0.15) is 0 Å². The Morgan fingerprint density at radius 3 is 2.96 bits per heavy atom. The van der Waals surface area contributed by atoms with Crippen LogP contribution in [0.3, 0.4) is 0 Å². The van der Waals surface area contributed by atoms with E-state index in [1.54, 1.807) is 29.2 Å². The number of hydrogen-bond donors (Lipinski definition) is 1. The monoisotopic (exact) mass is 349 g/mol. The second-order valence-corrected chi connectivity index (χ2v) is 6.82. The average Bonchev–Trinajstić information content (AvgIpc) is 3.09. The van der Waals surface area contributed by atoms with Crippen LogP contribution in [0.4, 0.5) is 4.39 Å². The summed E-state index contributed by atoms with van der Waals surface area (Å²) in [6.45, 7) is 0.734. The van der Waals surface area contributed by atoms with Crippen LogP contribution in [-0.4, -0.2) is 30.3 Å². The molecular formula is C16H16FN3OS2. The Balaban J connectivity index is 1.60. The molecule has 0 fully saturated rings. The molecule has 23 heavy (non-hydrogen) atoms. The fourth-order valence-corrected chi connectivity index (χ4v) is 3.61. The van der Waals surface area contributed by atoms with Crippen LogP contribution in [0.15, 0.2) is 45.8 Å². The normalized spacial score (nSPS) is 16.1. The topological polar surface area (TPSA) is 46.0 Å². The van der Waals surface area contributed by atoms with Crippen molar-refractivity contribution in [2.75, 3.05) is 19.4 Å². The molecule has 1 aliphatic heterocycles. The van der Waals surface area contributed by atoms with Crippen LogP contribution in [0.25, 0.3) is 0 Å². The summed E-state index contributed by atoms with van der Waals surface area (Å²) in [6, 6.07) is 9.02. The molecule has 2 heterocycles. The first-order valence-corrected chi connectivity index (χ1v) is 8.99. The summed E-state index contributed by atoms with van der Waals surface area (Å²) in [5, 5.41) is 7.18. The molecule has 120 valence electrons. The molecule has 1 N–H and O–H groups in total. The highest BCUT2D eigenvalue weighted by Gasteiger charge is 2.14. The fourth-order valence-electron chi connectivity index (χ4n) is 2.11. The highest BCUT2D eigenvalue weighted by atomic mass is 32.2. The third-order valence-electron chi connectivity index (χ3n) is 3.31. The molecular weight excluding hydrogens is 333 g/mol. The van der Waals surface area contributed by atoms with Crippen molar-refractivity contribution in [2.24, 2.45) is 10.1 Å². The molecule has 1 aliphatic rings. The quantitative estimate of drug-likeness (QED) is 0.898. The lowest BCUT2D eigenvalue weighted by Crippen LogP contribution is -2.25. The zero-order chi connectivity index (χ0) is 16.1. The van der Waals surface area contributed by atoms with Gasteiger partial charge in [-0.3, -0.25) is 10.4 Å². The maximum atomic E-state index is 13.8. The SMILES string of the molecule is COc1ccc(C2=NNC(=NCCc3cccs3)SC2)cc1F. The predicted octanol–water partition coefficient (Wildman–Crippen LogP) is 3.54. The average molecular weight is 349 g/mol. The van der Waals surface area contributed by atoms with Crippen LogP contribution < -0.4 is 10.2 Å². The Morgan fingerprint density at radius 1 is 1.39 bits per heavy atom. The van der Waals surface area contributed by atoms with E-state index in [2.05, 4.69) is 27.0 Å². The van der Waals surface area contributed by atoms with Crippen LogP contribution in [0, 0.1) is 5.82 Å². The number of nitrogens with zero attached hydrogens (tertiary/aromatic N) is 2. The van der Waals surface area contributed by atoms with E-state index in [9.17, 15) is 4.39 Å². The van der Waals surface area contributed by atoms with Gasteiger partial charge in [0.15, 0.2) is 16.7 Å². The first-order chi connectivity index (χ1) is 11.3. The number of aliphatic imine (C=N–C) groups is 1. The van der Waals surface area contributed by atoms with Gasteiger partial charge in [-0.2, -0.15) is 5.10 Å². The molecule has 0 amide bonds. The molecule has 0 aliphatic carbocycles. The number of hydrogen-bond acceptors (Lipinski definition) is 5. The largest absolute Gasteiger partial charge is 0.494 e. The lowest BCUT2D eigenvalue weighted by atomic mass is 10.1. The minimum absolute atomic E-state index is 0.238. The lowest BCUT2D eigenvalue weighted by Gasteiger charge is -2.15. The van der Waals surface area contributed by atoms with Crippen molar-refractivity contribution in [2.45, 2.75) is 6.42 Å². The predicted molar refractivity (Wildman–Crippen MR) is 95.4 cm³/mol. The van der Waals surface area contributed by atoms with E-state index in [1.165, 1.54) is 18.1 Å². The van der Waals surface area contributed by atoms with Crippen LogP contribution in [0.2, 0.25) is 0 Å². The molecule has 2 aromatic rings. The molecule has 1 aromatic carbocycles. The highest BCUT2D eigenvalue weighted by molar-refractivity contribution is 8.14. The molecule has 0 saturated heterocycles. The number of ether oxygens (including phenoxy) is 1. The summed E-state index contributed by atoms with van der Waals surface area (Å²) >= 11 is 3.32. The van der Waals surface area contributed by atoms with Gasteiger partial charge in [0.25, 0.3) is 0 Å². The Kier molecular flexibility index (Phi) is 5.30. The van der Waals surface area contributed by atoms with E-state index >= 15 is 0 Å². The van der Waals surface area contributed by atoms with Crippen molar-refractivity contribution in [1.82, 2.24) is 5.43 Å². The molecule has 0 unspecified atom stereocenters. The first kappa shape index (κ1) is 16.0. The van der Waals surface area contributed by atoms with Crippen molar-refractivity contribution in [1.29, 1.82) is 0 Å². The first-order valence-electron chi connectivity index (χ1n) is 7.12. The van der Waals surface area contributed by atoms with E-state index in [4.69, 9.17) is 4.74 Å². The zero-order valence-corrected chi connectivity index (χ0v) is 14.2. The smallest absolute Gasteiger partial charge is 0.177 e. The molecule has 0 bridgehead atoms. The summed E-state index contributed by atoms with van der Waals surface area (Å²) in [7, 11) is 1.45. The summed E-state index contributed by atoms with van der Waals surface area (Å²) in [5.41, 5.74) is 4.50. The van der Waals surface area contributed by atoms with Crippen LogP contribution in [0.5, 0.6) is 5.75 Å². The number of benzene rings is 1. The molecule has 4 nitrogen and oxygen atoms in total. The molecule has 0 radical (unpaired) electrons. The summed E-state index contributed by atoms with van der Waals surface area (Å²) in [6.07, 6.45) is 0.934. The third-order valence-corrected chi connectivity index (χ3v) is 5.16. The third kappa shape index (κ3) is 4.11. The summed E-state index contributed by atoms with van der Waals surface area (Å²) in [4.78, 5) is 5.83. The highest BCUT2D eigenvalue weighted by Crippen LogP contribution is 2.20. The molecule has 7 heteroatoms. The number of thiophene rings is 1. The van der Waals surface area contributed by atoms with Crippen molar-refractivity contribution >= 4 is 34.0 Å². The van der Waals surface area contributed by atoms with E-state index < -0.39 is 0 Å². The Hall–Kier alpha value is -1.86. The maximum Gasteiger partial charge on any atom is 0.177 e. The van der Waals surface area contributed by atoms with Crippen molar-refractivity contribution in [3.05, 3.63) is 52.0 Å². The van der Waals surface area contributed by atoms with Gasteiger partial charge in [-0.25, -0.2) is 4.39 Å². The maximum absolute atomic E-state index is 13.8. The molecule has 0 saturated carbocycles. The minimum Gasteiger partial charge on any atom is -0.494 e. The van der Waals surface area contributed by atoms with E-state index in [-0.39, 0.29) is 11.6 Å². The van der Waals surface area contributed by atoms with Gasteiger partial charge in [-0.1, -0.05) is 17.8 Å². The lowest BCUT2D eigenvalue weighted by molar-refractivity contribution is 0.386. The number of hydrazone groups is 1. The molecule has 0 spiro atoms. The van der Waals surface area contributed by atoms with Crippen LogP contribution in [0.1, 0.15) is 10.4 Å². The van der Waals surface area contributed by atoms with Crippen molar-refractivity contribution in [3.63, 3.8) is 0 Å². The number of nitrogens with one attached hydrogen (secondary N) is 1. The number of methoxy groups -OCH3 is 1. The van der Waals surface area contributed by atoms with Gasteiger partial charge >= 0.3 is 0 Å². The molecule has 0 atom stereocenters. The Bertz CT molecular complexity index is 729. The number of rotatable bonds is 5. The second-order valence-electron chi connectivity index (χ2n) is 4.82. The fraction of sp³-hybridized carbons (Fsp3) is 0.250.